The highest BCUT2D eigenvalue weighted by Crippen LogP contribution is 2.05. The third-order valence-electron chi connectivity index (χ3n) is 0.944. The minimum absolute atomic E-state index is 0.799. The SMILES string of the molecule is CONCCSCC(C)C. The first-order chi connectivity index (χ1) is 4.77. The fourth-order valence-corrected chi connectivity index (χ4v) is 1.40. The number of rotatable bonds is 6. The zero-order valence-corrected chi connectivity index (χ0v) is 7.83. The van der Waals surface area contributed by atoms with E-state index in [0.717, 1.165) is 18.2 Å². The van der Waals surface area contributed by atoms with Crippen molar-refractivity contribution in [1.29, 1.82) is 0 Å². The molecule has 0 rings (SSSR count). The first kappa shape index (κ1) is 10.3. The van der Waals surface area contributed by atoms with E-state index in [9.17, 15) is 0 Å². The van der Waals surface area contributed by atoms with E-state index in [1.54, 1.807) is 7.11 Å². The average molecular weight is 163 g/mol. The Morgan fingerprint density at radius 2 is 2.20 bits per heavy atom. The molecule has 3 heteroatoms. The Morgan fingerprint density at radius 3 is 2.70 bits per heavy atom. The van der Waals surface area contributed by atoms with Gasteiger partial charge in [0, 0.05) is 12.3 Å². The number of hydroxylamine groups is 1. The zero-order chi connectivity index (χ0) is 7.82. The van der Waals surface area contributed by atoms with Gasteiger partial charge in [0.25, 0.3) is 0 Å². The molecule has 1 N–H and O–H groups in total. The van der Waals surface area contributed by atoms with Gasteiger partial charge in [0.15, 0.2) is 0 Å². The molecule has 0 aromatic heterocycles. The van der Waals surface area contributed by atoms with Crippen molar-refractivity contribution < 1.29 is 4.84 Å². The van der Waals surface area contributed by atoms with E-state index in [0.29, 0.717) is 0 Å². The smallest absolute Gasteiger partial charge is 0.0572 e. The molecule has 10 heavy (non-hydrogen) atoms. The predicted octanol–water partition coefficient (Wildman–Crippen LogP) is 1.53. The van der Waals surface area contributed by atoms with Gasteiger partial charge < -0.3 is 4.84 Å². The molecular formula is C7H17NOS. The Bertz CT molecular complexity index is 68.6. The van der Waals surface area contributed by atoms with Crippen LogP contribution in [0.5, 0.6) is 0 Å². The molecule has 0 saturated heterocycles. The summed E-state index contributed by atoms with van der Waals surface area (Å²) in [5.41, 5.74) is 2.80. The second kappa shape index (κ2) is 7.38. The summed E-state index contributed by atoms with van der Waals surface area (Å²) in [4.78, 5) is 4.69. The van der Waals surface area contributed by atoms with Crippen LogP contribution in [0.3, 0.4) is 0 Å². The molecule has 0 amide bonds. The molecule has 0 aliphatic heterocycles. The summed E-state index contributed by atoms with van der Waals surface area (Å²) in [6.07, 6.45) is 0. The van der Waals surface area contributed by atoms with E-state index in [4.69, 9.17) is 0 Å². The largest absolute Gasteiger partial charge is 0.305 e. The highest BCUT2D eigenvalue weighted by Gasteiger charge is 1.92. The maximum absolute atomic E-state index is 4.69. The summed E-state index contributed by atoms with van der Waals surface area (Å²) in [5, 5.41) is 0. The van der Waals surface area contributed by atoms with Crippen molar-refractivity contribution in [1.82, 2.24) is 5.48 Å². The minimum Gasteiger partial charge on any atom is -0.305 e. The Labute approximate surface area is 67.7 Å². The lowest BCUT2D eigenvalue weighted by Crippen LogP contribution is -2.15. The van der Waals surface area contributed by atoms with Crippen LogP contribution in [0.15, 0.2) is 0 Å². The van der Waals surface area contributed by atoms with Crippen molar-refractivity contribution in [3.63, 3.8) is 0 Å². The van der Waals surface area contributed by atoms with Gasteiger partial charge in [-0.1, -0.05) is 13.8 Å². The van der Waals surface area contributed by atoms with Gasteiger partial charge in [0.2, 0.25) is 0 Å². The fraction of sp³-hybridized carbons (Fsp3) is 1.00. The molecule has 0 spiro atoms. The molecular weight excluding hydrogens is 146 g/mol. The number of nitrogens with one attached hydrogen (secondary N) is 1. The van der Waals surface area contributed by atoms with E-state index >= 15 is 0 Å². The van der Waals surface area contributed by atoms with Crippen molar-refractivity contribution >= 4 is 11.8 Å². The quantitative estimate of drug-likeness (QED) is 0.474. The van der Waals surface area contributed by atoms with Crippen LogP contribution < -0.4 is 5.48 Å². The molecule has 0 aromatic carbocycles. The van der Waals surface area contributed by atoms with Gasteiger partial charge in [0.05, 0.1) is 7.11 Å². The van der Waals surface area contributed by atoms with Crippen molar-refractivity contribution in [3.05, 3.63) is 0 Å². The minimum atomic E-state index is 0.799. The van der Waals surface area contributed by atoms with Gasteiger partial charge in [-0.3, -0.25) is 0 Å². The van der Waals surface area contributed by atoms with Crippen LogP contribution in [0.2, 0.25) is 0 Å². The third-order valence-corrected chi connectivity index (χ3v) is 2.34. The molecule has 0 heterocycles. The highest BCUT2D eigenvalue weighted by atomic mass is 32.2. The second-order valence-electron chi connectivity index (χ2n) is 2.57. The molecule has 0 bridgehead atoms. The molecule has 2 nitrogen and oxygen atoms in total. The molecule has 0 saturated carbocycles. The highest BCUT2D eigenvalue weighted by molar-refractivity contribution is 7.99. The zero-order valence-electron chi connectivity index (χ0n) is 7.02. The summed E-state index contributed by atoms with van der Waals surface area (Å²) < 4.78 is 0. The molecule has 0 fully saturated rings. The summed E-state index contributed by atoms with van der Waals surface area (Å²) in [6, 6.07) is 0. The molecule has 0 aliphatic carbocycles. The average Bonchev–Trinajstić information content (AvgIpc) is 1.87. The number of thioether (sulfide) groups is 1. The Morgan fingerprint density at radius 1 is 1.50 bits per heavy atom. The van der Waals surface area contributed by atoms with Crippen LogP contribution >= 0.6 is 11.8 Å². The first-order valence-corrected chi connectivity index (χ1v) is 4.76. The summed E-state index contributed by atoms with van der Waals surface area (Å²) in [6.45, 7) is 5.40. The maximum Gasteiger partial charge on any atom is 0.0572 e. The molecule has 0 atom stereocenters. The van der Waals surface area contributed by atoms with Crippen molar-refractivity contribution in [2.75, 3.05) is 25.2 Å². The first-order valence-electron chi connectivity index (χ1n) is 3.61. The van der Waals surface area contributed by atoms with Crippen LogP contribution in [-0.4, -0.2) is 25.2 Å². The molecule has 0 unspecified atom stereocenters. The van der Waals surface area contributed by atoms with E-state index in [-0.39, 0.29) is 0 Å². The monoisotopic (exact) mass is 163 g/mol. The number of hydrogen-bond acceptors (Lipinski definition) is 3. The van der Waals surface area contributed by atoms with Gasteiger partial charge in [-0.25, -0.2) is 5.48 Å². The van der Waals surface area contributed by atoms with E-state index in [1.807, 2.05) is 11.8 Å². The molecule has 0 radical (unpaired) electrons. The lowest BCUT2D eigenvalue weighted by Gasteiger charge is -2.03. The Kier molecular flexibility index (Phi) is 7.58. The maximum atomic E-state index is 4.69. The third kappa shape index (κ3) is 8.27. The molecule has 0 aliphatic rings. The van der Waals surface area contributed by atoms with Gasteiger partial charge >= 0.3 is 0 Å². The van der Waals surface area contributed by atoms with Crippen LogP contribution in [0.4, 0.5) is 0 Å². The predicted molar refractivity (Wildman–Crippen MR) is 47.2 cm³/mol. The second-order valence-corrected chi connectivity index (χ2v) is 3.72. The summed E-state index contributed by atoms with van der Waals surface area (Å²) in [7, 11) is 1.65. The summed E-state index contributed by atoms with van der Waals surface area (Å²) >= 11 is 1.96. The van der Waals surface area contributed by atoms with Crippen LogP contribution in [-0.2, 0) is 4.84 Å². The van der Waals surface area contributed by atoms with Crippen molar-refractivity contribution in [2.45, 2.75) is 13.8 Å². The summed E-state index contributed by atoms with van der Waals surface area (Å²) in [5.74, 6) is 3.17. The van der Waals surface area contributed by atoms with Gasteiger partial charge in [-0.05, 0) is 11.7 Å². The lowest BCUT2D eigenvalue weighted by atomic mass is 10.3. The lowest BCUT2D eigenvalue weighted by molar-refractivity contribution is 0.0970. The van der Waals surface area contributed by atoms with Gasteiger partial charge in [-0.15, -0.1) is 0 Å². The van der Waals surface area contributed by atoms with E-state index < -0.39 is 0 Å². The van der Waals surface area contributed by atoms with Crippen molar-refractivity contribution in [3.8, 4) is 0 Å². The van der Waals surface area contributed by atoms with Crippen LogP contribution in [0.25, 0.3) is 0 Å². The van der Waals surface area contributed by atoms with E-state index in [2.05, 4.69) is 24.2 Å². The standard InChI is InChI=1S/C7H17NOS/c1-7(2)6-10-5-4-8-9-3/h7-8H,4-6H2,1-3H3. The molecule has 0 aromatic rings. The topological polar surface area (TPSA) is 21.3 Å². The Hall–Kier alpha value is 0.270. The normalized spacial score (nSPS) is 10.8. The van der Waals surface area contributed by atoms with Gasteiger partial charge in [0.1, 0.15) is 0 Å². The number of hydrogen-bond donors (Lipinski definition) is 1. The van der Waals surface area contributed by atoms with Crippen LogP contribution in [0.1, 0.15) is 13.8 Å². The van der Waals surface area contributed by atoms with E-state index in [1.165, 1.54) is 5.75 Å². The van der Waals surface area contributed by atoms with Gasteiger partial charge in [-0.2, -0.15) is 11.8 Å². The Balaban J connectivity index is 2.77. The van der Waals surface area contributed by atoms with Crippen molar-refractivity contribution in [2.24, 2.45) is 5.92 Å². The fourth-order valence-electron chi connectivity index (χ4n) is 0.535. The van der Waals surface area contributed by atoms with Crippen LogP contribution in [0, 0.1) is 5.92 Å². The molecule has 62 valence electrons.